The fourth-order valence-corrected chi connectivity index (χ4v) is 3.82. The SMILES string of the molecule is COc1cccc(CN2CCN(Cc3ccc(SC)cc3)CC2)c1OC. The highest BCUT2D eigenvalue weighted by atomic mass is 32.2. The van der Waals surface area contributed by atoms with Crippen LogP contribution in [0.5, 0.6) is 11.5 Å². The molecule has 0 saturated carbocycles. The van der Waals surface area contributed by atoms with Gasteiger partial charge >= 0.3 is 0 Å². The van der Waals surface area contributed by atoms with Gasteiger partial charge in [-0.05, 0) is 30.0 Å². The number of thioether (sulfide) groups is 1. The molecule has 0 amide bonds. The molecule has 0 atom stereocenters. The molecule has 4 nitrogen and oxygen atoms in total. The van der Waals surface area contributed by atoms with Crippen LogP contribution in [-0.2, 0) is 13.1 Å². The third-order valence-corrected chi connectivity index (χ3v) is 5.65. The number of nitrogens with zero attached hydrogens (tertiary/aromatic N) is 2. The van der Waals surface area contributed by atoms with E-state index in [9.17, 15) is 0 Å². The molecule has 5 heteroatoms. The van der Waals surface area contributed by atoms with Crippen LogP contribution in [0.15, 0.2) is 47.4 Å². The standard InChI is InChI=1S/C21H28N2O2S/c1-24-20-6-4-5-18(21(20)25-2)16-23-13-11-22(12-14-23)15-17-7-9-19(26-3)10-8-17/h4-10H,11-16H2,1-3H3. The molecule has 1 aliphatic rings. The Bertz CT molecular complexity index is 698. The molecule has 26 heavy (non-hydrogen) atoms. The van der Waals surface area contributed by atoms with Crippen molar-refractivity contribution in [3.63, 3.8) is 0 Å². The second-order valence-corrected chi connectivity index (χ2v) is 7.43. The first-order chi connectivity index (χ1) is 12.7. The van der Waals surface area contributed by atoms with Gasteiger partial charge in [-0.2, -0.15) is 0 Å². The van der Waals surface area contributed by atoms with Gasteiger partial charge in [0, 0.05) is 49.7 Å². The van der Waals surface area contributed by atoms with Crippen LogP contribution in [0.4, 0.5) is 0 Å². The largest absolute Gasteiger partial charge is 0.493 e. The Balaban J connectivity index is 1.54. The minimum atomic E-state index is 0.803. The minimum Gasteiger partial charge on any atom is -0.493 e. The highest BCUT2D eigenvalue weighted by molar-refractivity contribution is 7.98. The summed E-state index contributed by atoms with van der Waals surface area (Å²) in [5, 5.41) is 0. The lowest BCUT2D eigenvalue weighted by Gasteiger charge is -2.35. The molecule has 0 radical (unpaired) electrons. The van der Waals surface area contributed by atoms with Crippen LogP contribution >= 0.6 is 11.8 Å². The van der Waals surface area contributed by atoms with E-state index in [0.717, 1.165) is 50.8 Å². The molecule has 0 bridgehead atoms. The van der Waals surface area contributed by atoms with Crippen LogP contribution in [0.3, 0.4) is 0 Å². The number of para-hydroxylation sites is 1. The number of ether oxygens (including phenoxy) is 2. The summed E-state index contributed by atoms with van der Waals surface area (Å²) in [6.07, 6.45) is 2.12. The van der Waals surface area contributed by atoms with Gasteiger partial charge in [0.25, 0.3) is 0 Å². The molecule has 0 spiro atoms. The lowest BCUT2D eigenvalue weighted by molar-refractivity contribution is 0.121. The van der Waals surface area contributed by atoms with E-state index in [-0.39, 0.29) is 0 Å². The summed E-state index contributed by atoms with van der Waals surface area (Å²) in [6.45, 7) is 6.27. The number of hydrogen-bond donors (Lipinski definition) is 0. The van der Waals surface area contributed by atoms with Crippen molar-refractivity contribution >= 4 is 11.8 Å². The summed E-state index contributed by atoms with van der Waals surface area (Å²) in [5.74, 6) is 1.66. The van der Waals surface area contributed by atoms with Gasteiger partial charge < -0.3 is 9.47 Å². The maximum Gasteiger partial charge on any atom is 0.165 e. The van der Waals surface area contributed by atoms with Crippen molar-refractivity contribution in [1.29, 1.82) is 0 Å². The van der Waals surface area contributed by atoms with Gasteiger partial charge in [0.2, 0.25) is 0 Å². The van der Waals surface area contributed by atoms with Gasteiger partial charge in [0.1, 0.15) is 0 Å². The first-order valence-corrected chi connectivity index (χ1v) is 10.2. The van der Waals surface area contributed by atoms with Gasteiger partial charge in [-0.1, -0.05) is 24.3 Å². The first kappa shape index (κ1) is 19.1. The van der Waals surface area contributed by atoms with Gasteiger partial charge in [-0.15, -0.1) is 11.8 Å². The zero-order valence-corrected chi connectivity index (χ0v) is 16.7. The fraction of sp³-hybridized carbons (Fsp3) is 0.429. The third-order valence-electron chi connectivity index (χ3n) is 4.91. The van der Waals surface area contributed by atoms with Crippen molar-refractivity contribution in [3.8, 4) is 11.5 Å². The lowest BCUT2D eigenvalue weighted by Crippen LogP contribution is -2.45. The molecular formula is C21H28N2O2S. The fourth-order valence-electron chi connectivity index (χ4n) is 3.41. The Kier molecular flexibility index (Phi) is 6.83. The van der Waals surface area contributed by atoms with E-state index >= 15 is 0 Å². The number of methoxy groups -OCH3 is 2. The highest BCUT2D eigenvalue weighted by Crippen LogP contribution is 2.31. The smallest absolute Gasteiger partial charge is 0.165 e. The van der Waals surface area contributed by atoms with Gasteiger partial charge in [-0.25, -0.2) is 0 Å². The Morgan fingerprint density at radius 2 is 1.50 bits per heavy atom. The minimum absolute atomic E-state index is 0.803. The predicted molar refractivity (Wildman–Crippen MR) is 108 cm³/mol. The van der Waals surface area contributed by atoms with Crippen LogP contribution in [0.25, 0.3) is 0 Å². The topological polar surface area (TPSA) is 24.9 Å². The summed E-state index contributed by atoms with van der Waals surface area (Å²) in [5.41, 5.74) is 2.58. The second kappa shape index (κ2) is 9.31. The molecule has 3 rings (SSSR count). The van der Waals surface area contributed by atoms with E-state index < -0.39 is 0 Å². The zero-order chi connectivity index (χ0) is 18.4. The Morgan fingerprint density at radius 1 is 0.846 bits per heavy atom. The van der Waals surface area contributed by atoms with Crippen LogP contribution < -0.4 is 9.47 Å². The Labute approximate surface area is 161 Å². The summed E-state index contributed by atoms with van der Waals surface area (Å²) >= 11 is 1.79. The van der Waals surface area contributed by atoms with Crippen molar-refractivity contribution in [3.05, 3.63) is 53.6 Å². The quantitative estimate of drug-likeness (QED) is 0.690. The first-order valence-electron chi connectivity index (χ1n) is 9.01. The van der Waals surface area contributed by atoms with E-state index in [4.69, 9.17) is 9.47 Å². The van der Waals surface area contributed by atoms with Crippen molar-refractivity contribution in [2.45, 2.75) is 18.0 Å². The van der Waals surface area contributed by atoms with Gasteiger partial charge in [0.15, 0.2) is 11.5 Å². The number of hydrogen-bond acceptors (Lipinski definition) is 5. The normalized spacial score (nSPS) is 15.8. The summed E-state index contributed by atoms with van der Waals surface area (Å²) in [6, 6.07) is 15.0. The zero-order valence-electron chi connectivity index (χ0n) is 15.9. The van der Waals surface area contributed by atoms with Crippen LogP contribution in [-0.4, -0.2) is 56.5 Å². The molecule has 1 fully saturated rings. The molecule has 0 N–H and O–H groups in total. The molecule has 1 saturated heterocycles. The van der Waals surface area contributed by atoms with E-state index in [1.807, 2.05) is 12.1 Å². The van der Waals surface area contributed by atoms with E-state index in [0.29, 0.717) is 0 Å². The number of piperazine rings is 1. The van der Waals surface area contributed by atoms with E-state index in [1.165, 1.54) is 16.0 Å². The lowest BCUT2D eigenvalue weighted by atomic mass is 10.1. The Morgan fingerprint density at radius 3 is 2.08 bits per heavy atom. The molecule has 0 aliphatic carbocycles. The molecule has 0 unspecified atom stereocenters. The molecule has 2 aromatic carbocycles. The van der Waals surface area contributed by atoms with Gasteiger partial charge in [-0.3, -0.25) is 9.80 Å². The molecule has 1 heterocycles. The maximum absolute atomic E-state index is 5.56. The Hall–Kier alpha value is -1.69. The second-order valence-electron chi connectivity index (χ2n) is 6.55. The van der Waals surface area contributed by atoms with Crippen LogP contribution in [0, 0.1) is 0 Å². The number of rotatable bonds is 7. The number of benzene rings is 2. The molecule has 0 aromatic heterocycles. The summed E-state index contributed by atoms with van der Waals surface area (Å²) < 4.78 is 11.0. The molecular weight excluding hydrogens is 344 g/mol. The van der Waals surface area contributed by atoms with Crippen molar-refractivity contribution in [2.75, 3.05) is 46.7 Å². The van der Waals surface area contributed by atoms with Crippen molar-refractivity contribution < 1.29 is 9.47 Å². The summed E-state index contributed by atoms with van der Waals surface area (Å²) in [7, 11) is 3.40. The maximum atomic E-state index is 5.56. The van der Waals surface area contributed by atoms with E-state index in [1.54, 1.807) is 26.0 Å². The highest BCUT2D eigenvalue weighted by Gasteiger charge is 2.19. The average Bonchev–Trinajstić information content (AvgIpc) is 2.69. The van der Waals surface area contributed by atoms with Crippen LogP contribution in [0.1, 0.15) is 11.1 Å². The molecule has 1 aliphatic heterocycles. The van der Waals surface area contributed by atoms with Crippen molar-refractivity contribution in [1.82, 2.24) is 9.80 Å². The van der Waals surface area contributed by atoms with Crippen molar-refractivity contribution in [2.24, 2.45) is 0 Å². The monoisotopic (exact) mass is 372 g/mol. The molecule has 2 aromatic rings. The third kappa shape index (κ3) is 4.72. The average molecular weight is 373 g/mol. The molecule has 140 valence electrons. The predicted octanol–water partition coefficient (Wildman–Crippen LogP) is 3.74. The van der Waals surface area contributed by atoms with E-state index in [2.05, 4.69) is 46.4 Å². The van der Waals surface area contributed by atoms with Gasteiger partial charge in [0.05, 0.1) is 14.2 Å². The van der Waals surface area contributed by atoms with Crippen LogP contribution in [0.2, 0.25) is 0 Å². The summed E-state index contributed by atoms with van der Waals surface area (Å²) in [4.78, 5) is 6.35.